The van der Waals surface area contributed by atoms with E-state index >= 15 is 0 Å². The monoisotopic (exact) mass is 492 g/mol. The number of fused-ring (bicyclic) bond motifs is 2. The van der Waals surface area contributed by atoms with E-state index in [0.29, 0.717) is 19.1 Å². The second-order valence-corrected chi connectivity index (χ2v) is 9.62. The molecule has 2 N–H and O–H groups in total. The van der Waals surface area contributed by atoms with Gasteiger partial charge in [-0.1, -0.05) is 42.5 Å². The van der Waals surface area contributed by atoms with E-state index in [1.165, 1.54) is 17.7 Å². The molecule has 0 aliphatic carbocycles. The maximum Gasteiger partial charge on any atom is 0.573 e. The number of aliphatic hydroxyl groups excluding tert-OH is 1. The van der Waals surface area contributed by atoms with Gasteiger partial charge in [0.15, 0.2) is 6.29 Å². The van der Waals surface area contributed by atoms with Crippen molar-refractivity contribution in [2.45, 2.75) is 62.8 Å². The molecule has 6 nitrogen and oxygen atoms in total. The molecule has 0 aromatic heterocycles. The summed E-state index contributed by atoms with van der Waals surface area (Å²) in [5.74, 6) is 0.357. The Kier molecular flexibility index (Phi) is 7.31. The van der Waals surface area contributed by atoms with Crippen LogP contribution in [0.2, 0.25) is 0 Å². The second kappa shape index (κ2) is 10.4. The maximum absolute atomic E-state index is 12.4. The summed E-state index contributed by atoms with van der Waals surface area (Å²) in [6, 6.07) is 15.7. The van der Waals surface area contributed by atoms with Crippen LogP contribution in [0.15, 0.2) is 54.6 Å². The van der Waals surface area contributed by atoms with Gasteiger partial charge in [0.05, 0.1) is 24.8 Å². The van der Waals surface area contributed by atoms with Gasteiger partial charge in [-0.05, 0) is 61.5 Å². The number of alkyl halides is 3. The molecule has 3 aliphatic heterocycles. The number of nitrogens with one attached hydrogen (secondary N) is 1. The van der Waals surface area contributed by atoms with Crippen molar-refractivity contribution in [1.82, 2.24) is 10.2 Å². The second-order valence-electron chi connectivity index (χ2n) is 9.62. The van der Waals surface area contributed by atoms with E-state index in [1.807, 2.05) is 6.07 Å². The van der Waals surface area contributed by atoms with Crippen LogP contribution in [0.1, 0.15) is 24.0 Å². The van der Waals surface area contributed by atoms with Gasteiger partial charge in [-0.2, -0.15) is 0 Å². The van der Waals surface area contributed by atoms with Crippen molar-refractivity contribution in [3.05, 3.63) is 65.7 Å². The molecule has 0 spiro atoms. The van der Waals surface area contributed by atoms with Crippen molar-refractivity contribution in [3.8, 4) is 5.75 Å². The van der Waals surface area contributed by atoms with Gasteiger partial charge in [-0.3, -0.25) is 4.90 Å². The molecule has 5 atom stereocenters. The molecular formula is C26H31F3N2O4. The van der Waals surface area contributed by atoms with Crippen molar-refractivity contribution in [3.63, 3.8) is 0 Å². The Balaban J connectivity index is 1.17. The van der Waals surface area contributed by atoms with Gasteiger partial charge in [-0.15, -0.1) is 13.2 Å². The van der Waals surface area contributed by atoms with E-state index in [2.05, 4.69) is 39.2 Å². The molecule has 3 aliphatic rings. The van der Waals surface area contributed by atoms with Crippen LogP contribution in [0.3, 0.4) is 0 Å². The minimum absolute atomic E-state index is 0.258. The number of rotatable bonds is 7. The highest BCUT2D eigenvalue weighted by molar-refractivity contribution is 5.27. The van der Waals surface area contributed by atoms with Crippen LogP contribution in [0, 0.1) is 5.92 Å². The highest BCUT2D eigenvalue weighted by atomic mass is 19.4. The number of likely N-dealkylation sites (tertiary alicyclic amines) is 1. The lowest BCUT2D eigenvalue weighted by Crippen LogP contribution is -2.65. The van der Waals surface area contributed by atoms with Crippen LogP contribution in [0.4, 0.5) is 13.2 Å². The number of hydrogen-bond acceptors (Lipinski definition) is 6. The van der Waals surface area contributed by atoms with Gasteiger partial charge < -0.3 is 24.6 Å². The molecule has 3 fully saturated rings. The first kappa shape index (κ1) is 24.5. The topological polar surface area (TPSA) is 63.2 Å². The fraction of sp³-hybridized carbons (Fsp3) is 0.538. The molecule has 3 saturated heterocycles. The Morgan fingerprint density at radius 1 is 1.00 bits per heavy atom. The summed E-state index contributed by atoms with van der Waals surface area (Å²) in [6.45, 7) is 2.53. The zero-order valence-corrected chi connectivity index (χ0v) is 19.4. The summed E-state index contributed by atoms with van der Waals surface area (Å²) < 4.78 is 53.1. The largest absolute Gasteiger partial charge is 0.573 e. The molecule has 5 rings (SSSR count). The molecule has 3 heterocycles. The molecule has 2 bridgehead atoms. The van der Waals surface area contributed by atoms with E-state index in [-0.39, 0.29) is 23.9 Å². The van der Waals surface area contributed by atoms with Crippen LogP contribution in [-0.4, -0.2) is 66.6 Å². The molecule has 35 heavy (non-hydrogen) atoms. The molecule has 2 aromatic rings. The third kappa shape index (κ3) is 5.98. The number of halogens is 3. The number of nitrogens with zero attached hydrogens (tertiary/aromatic N) is 1. The van der Waals surface area contributed by atoms with Crippen LogP contribution in [0.5, 0.6) is 5.75 Å². The predicted molar refractivity (Wildman–Crippen MR) is 123 cm³/mol. The molecule has 190 valence electrons. The number of aliphatic hydroxyl groups is 1. The predicted octanol–water partition coefficient (Wildman–Crippen LogP) is 3.48. The zero-order chi connectivity index (χ0) is 24.4. The van der Waals surface area contributed by atoms with Crippen molar-refractivity contribution in [2.24, 2.45) is 5.92 Å². The molecule has 9 heteroatoms. The number of piperidine rings is 1. The Labute approximate surface area is 203 Å². The number of ether oxygens (including phenoxy) is 3. The molecule has 2 aromatic carbocycles. The van der Waals surface area contributed by atoms with Crippen LogP contribution in [0.25, 0.3) is 0 Å². The lowest BCUT2D eigenvalue weighted by molar-refractivity contribution is -0.274. The summed E-state index contributed by atoms with van der Waals surface area (Å²) in [5.41, 5.74) is 2.14. The molecular weight excluding hydrogens is 461 g/mol. The first-order valence-corrected chi connectivity index (χ1v) is 12.2. The molecule has 0 amide bonds. The average Bonchev–Trinajstić information content (AvgIpc) is 3.26. The average molecular weight is 493 g/mol. The zero-order valence-electron chi connectivity index (χ0n) is 19.4. The minimum atomic E-state index is -4.71. The van der Waals surface area contributed by atoms with Crippen molar-refractivity contribution in [1.29, 1.82) is 0 Å². The summed E-state index contributed by atoms with van der Waals surface area (Å²) in [5, 5.41) is 14.7. The first-order valence-electron chi connectivity index (χ1n) is 12.2. The summed E-state index contributed by atoms with van der Waals surface area (Å²) in [7, 11) is 0. The fourth-order valence-electron chi connectivity index (χ4n) is 5.49. The van der Waals surface area contributed by atoms with Crippen LogP contribution < -0.4 is 10.1 Å². The van der Waals surface area contributed by atoms with E-state index in [0.717, 1.165) is 37.9 Å². The van der Waals surface area contributed by atoms with Gasteiger partial charge in [0.2, 0.25) is 0 Å². The number of hydrogen-bond donors (Lipinski definition) is 2. The normalized spacial score (nSPS) is 29.9. The summed E-state index contributed by atoms with van der Waals surface area (Å²) in [4.78, 5) is 2.29. The third-order valence-electron chi connectivity index (χ3n) is 7.27. The van der Waals surface area contributed by atoms with Crippen molar-refractivity contribution in [2.75, 3.05) is 19.7 Å². The van der Waals surface area contributed by atoms with E-state index in [4.69, 9.17) is 9.47 Å². The highest BCUT2D eigenvalue weighted by Crippen LogP contribution is 2.34. The lowest BCUT2D eigenvalue weighted by atomic mass is 9.87. The standard InChI is InChI=1S/C26H31F3N2O4/c27-26(28,29)35-20-8-6-19(7-9-20)15-30-22-21-16-33-25(34-21)23(24(22)32)31-12-10-18(11-13-31)14-17-4-2-1-3-5-17/h1-9,18,21-25,30,32H,10-16H2. The maximum atomic E-state index is 12.4. The fourth-order valence-corrected chi connectivity index (χ4v) is 5.49. The van der Waals surface area contributed by atoms with Crippen molar-refractivity contribution < 1.29 is 32.5 Å². The summed E-state index contributed by atoms with van der Waals surface area (Å²) >= 11 is 0. The van der Waals surface area contributed by atoms with Gasteiger partial charge in [0, 0.05) is 6.54 Å². The van der Waals surface area contributed by atoms with Gasteiger partial charge >= 0.3 is 6.36 Å². The quantitative estimate of drug-likeness (QED) is 0.617. The van der Waals surface area contributed by atoms with E-state index in [9.17, 15) is 18.3 Å². The van der Waals surface area contributed by atoms with Gasteiger partial charge in [-0.25, -0.2) is 0 Å². The SMILES string of the molecule is OC1C(NCc2ccc(OC(F)(F)F)cc2)C2COC(O2)C1N1CCC(Cc2ccccc2)CC1. The van der Waals surface area contributed by atoms with Gasteiger partial charge in [0.25, 0.3) is 0 Å². The first-order chi connectivity index (χ1) is 16.9. The van der Waals surface area contributed by atoms with Gasteiger partial charge in [0.1, 0.15) is 11.9 Å². The van der Waals surface area contributed by atoms with Crippen LogP contribution in [-0.2, 0) is 22.4 Å². The lowest BCUT2D eigenvalue weighted by Gasteiger charge is -2.46. The number of benzene rings is 2. The third-order valence-corrected chi connectivity index (χ3v) is 7.27. The molecule has 0 saturated carbocycles. The van der Waals surface area contributed by atoms with Crippen LogP contribution >= 0.6 is 0 Å². The summed E-state index contributed by atoms with van der Waals surface area (Å²) in [6.07, 6.45) is -2.94. The molecule has 5 unspecified atom stereocenters. The Morgan fingerprint density at radius 2 is 1.71 bits per heavy atom. The van der Waals surface area contributed by atoms with E-state index < -0.39 is 18.8 Å². The van der Waals surface area contributed by atoms with E-state index in [1.54, 1.807) is 12.1 Å². The Hall–Kier alpha value is -2.17. The Morgan fingerprint density at radius 3 is 2.40 bits per heavy atom. The van der Waals surface area contributed by atoms with Crippen molar-refractivity contribution >= 4 is 0 Å². The minimum Gasteiger partial charge on any atom is -0.406 e. The smallest absolute Gasteiger partial charge is 0.406 e. The molecule has 0 radical (unpaired) electrons. The Bertz CT molecular complexity index is 951. The highest BCUT2D eigenvalue weighted by Gasteiger charge is 2.52.